The van der Waals surface area contributed by atoms with E-state index in [1.807, 2.05) is 37.3 Å². The van der Waals surface area contributed by atoms with Crippen molar-refractivity contribution in [2.24, 2.45) is 0 Å². The molecule has 94 valence electrons. The highest BCUT2D eigenvalue weighted by molar-refractivity contribution is 5.92. The van der Waals surface area contributed by atoms with Gasteiger partial charge in [0.2, 0.25) is 0 Å². The second-order valence-electron chi connectivity index (χ2n) is 4.28. The van der Waals surface area contributed by atoms with Crippen molar-refractivity contribution in [3.63, 3.8) is 0 Å². The van der Waals surface area contributed by atoms with Crippen LogP contribution in [0.5, 0.6) is 0 Å². The fraction of sp³-hybridized carbons (Fsp3) is 0.286. The average molecular weight is 245 g/mol. The summed E-state index contributed by atoms with van der Waals surface area (Å²) in [7, 11) is 0. The monoisotopic (exact) mass is 245 g/mol. The molecule has 0 spiro atoms. The molecule has 0 fully saturated rings. The molecular formula is C14H15NO3. The van der Waals surface area contributed by atoms with Crippen LogP contribution in [0.15, 0.2) is 42.6 Å². The summed E-state index contributed by atoms with van der Waals surface area (Å²) in [6.07, 6.45) is 2.82. The number of carbonyl (C=O) groups is 2. The number of rotatable bonds is 2. The van der Waals surface area contributed by atoms with Crippen LogP contribution in [0, 0.1) is 0 Å². The zero-order valence-electron chi connectivity index (χ0n) is 10.2. The Bertz CT molecular complexity index is 467. The van der Waals surface area contributed by atoms with Crippen LogP contribution in [-0.4, -0.2) is 22.8 Å². The minimum Gasteiger partial charge on any atom is -0.444 e. The van der Waals surface area contributed by atoms with Crippen molar-refractivity contribution in [2.75, 3.05) is 0 Å². The number of allylic oxidation sites excluding steroid dienone is 1. The van der Waals surface area contributed by atoms with Crippen molar-refractivity contribution in [2.45, 2.75) is 26.0 Å². The molecule has 1 amide bonds. The van der Waals surface area contributed by atoms with Crippen LogP contribution < -0.4 is 0 Å². The van der Waals surface area contributed by atoms with Crippen molar-refractivity contribution >= 4 is 11.9 Å². The van der Waals surface area contributed by atoms with Crippen LogP contribution in [0.2, 0.25) is 0 Å². The molecule has 1 aromatic carbocycles. The Hall–Kier alpha value is -2.10. The topological polar surface area (TPSA) is 46.6 Å². The summed E-state index contributed by atoms with van der Waals surface area (Å²) in [5, 5.41) is 0. The molecule has 18 heavy (non-hydrogen) atoms. The van der Waals surface area contributed by atoms with Crippen LogP contribution in [0.1, 0.15) is 18.9 Å². The number of nitrogens with zero attached hydrogens (tertiary/aromatic N) is 1. The molecule has 0 radical (unpaired) electrons. The van der Waals surface area contributed by atoms with E-state index < -0.39 is 6.09 Å². The third-order valence-corrected chi connectivity index (χ3v) is 2.81. The summed E-state index contributed by atoms with van der Waals surface area (Å²) in [5.74, 6) is 0.0367. The molecule has 0 saturated heterocycles. The van der Waals surface area contributed by atoms with E-state index >= 15 is 0 Å². The number of hydrogen-bond donors (Lipinski definition) is 0. The van der Waals surface area contributed by atoms with Crippen LogP contribution in [0.3, 0.4) is 0 Å². The normalized spacial score (nSPS) is 18.8. The maximum atomic E-state index is 11.8. The molecule has 1 aliphatic heterocycles. The van der Waals surface area contributed by atoms with E-state index in [0.29, 0.717) is 6.42 Å². The molecule has 1 aromatic rings. The second kappa shape index (κ2) is 5.49. The lowest BCUT2D eigenvalue weighted by atomic mass is 10.1. The van der Waals surface area contributed by atoms with E-state index in [9.17, 15) is 9.59 Å². The van der Waals surface area contributed by atoms with Gasteiger partial charge in [-0.15, -0.1) is 0 Å². The third-order valence-electron chi connectivity index (χ3n) is 2.81. The SMILES string of the molecule is C[C@@H]1CC(=O)C=CN1C(=O)OCc1ccccc1. The Balaban J connectivity index is 1.92. The number of amides is 1. The molecule has 4 nitrogen and oxygen atoms in total. The first-order chi connectivity index (χ1) is 8.66. The molecule has 0 aromatic heterocycles. The molecule has 0 saturated carbocycles. The maximum absolute atomic E-state index is 11.8. The molecule has 4 heteroatoms. The second-order valence-corrected chi connectivity index (χ2v) is 4.28. The highest BCUT2D eigenvalue weighted by atomic mass is 16.6. The van der Waals surface area contributed by atoms with Crippen molar-refractivity contribution in [1.82, 2.24) is 4.90 Å². The van der Waals surface area contributed by atoms with E-state index in [1.165, 1.54) is 17.2 Å². The zero-order valence-corrected chi connectivity index (χ0v) is 10.2. The largest absolute Gasteiger partial charge is 0.444 e. The zero-order chi connectivity index (χ0) is 13.0. The molecule has 1 heterocycles. The predicted molar refractivity (Wildman–Crippen MR) is 66.7 cm³/mol. The number of hydrogen-bond acceptors (Lipinski definition) is 3. The van der Waals surface area contributed by atoms with Gasteiger partial charge < -0.3 is 4.74 Å². The molecule has 2 rings (SSSR count). The Kier molecular flexibility index (Phi) is 3.77. The molecule has 1 atom stereocenters. The van der Waals surface area contributed by atoms with E-state index in [4.69, 9.17) is 4.74 Å². The van der Waals surface area contributed by atoms with Gasteiger partial charge in [-0.05, 0) is 18.6 Å². The number of benzene rings is 1. The standard InChI is InChI=1S/C14H15NO3/c1-11-9-13(16)7-8-15(11)14(17)18-10-12-5-3-2-4-6-12/h2-8,11H,9-10H2,1H3/t11-/m1/s1. The highest BCUT2D eigenvalue weighted by Gasteiger charge is 2.24. The van der Waals surface area contributed by atoms with Crippen molar-refractivity contribution in [3.8, 4) is 0 Å². The molecule has 0 bridgehead atoms. The number of carbonyl (C=O) groups excluding carboxylic acids is 2. The fourth-order valence-electron chi connectivity index (χ4n) is 1.80. The van der Waals surface area contributed by atoms with Gasteiger partial charge in [-0.3, -0.25) is 9.69 Å². The lowest BCUT2D eigenvalue weighted by Gasteiger charge is -2.27. The maximum Gasteiger partial charge on any atom is 0.414 e. The summed E-state index contributed by atoms with van der Waals surface area (Å²) in [5.41, 5.74) is 0.940. The Morgan fingerprint density at radius 2 is 2.11 bits per heavy atom. The number of ether oxygens (including phenoxy) is 1. The van der Waals surface area contributed by atoms with E-state index in [2.05, 4.69) is 0 Å². The van der Waals surface area contributed by atoms with Gasteiger partial charge in [0.25, 0.3) is 0 Å². The van der Waals surface area contributed by atoms with Crippen molar-refractivity contribution < 1.29 is 14.3 Å². The first kappa shape index (κ1) is 12.4. The first-order valence-corrected chi connectivity index (χ1v) is 5.87. The van der Waals surface area contributed by atoms with Gasteiger partial charge in [0.05, 0.1) is 0 Å². The lowest BCUT2D eigenvalue weighted by molar-refractivity contribution is -0.116. The first-order valence-electron chi connectivity index (χ1n) is 5.87. The third kappa shape index (κ3) is 2.97. The van der Waals surface area contributed by atoms with Gasteiger partial charge in [-0.2, -0.15) is 0 Å². The highest BCUT2D eigenvalue weighted by Crippen LogP contribution is 2.14. The van der Waals surface area contributed by atoms with Gasteiger partial charge in [0.15, 0.2) is 5.78 Å². The summed E-state index contributed by atoms with van der Waals surface area (Å²) in [6, 6.07) is 9.34. The Morgan fingerprint density at radius 3 is 2.78 bits per heavy atom. The molecule has 0 unspecified atom stereocenters. The fourth-order valence-corrected chi connectivity index (χ4v) is 1.80. The average Bonchev–Trinajstić information content (AvgIpc) is 2.37. The summed E-state index contributed by atoms with van der Waals surface area (Å²) < 4.78 is 5.20. The van der Waals surface area contributed by atoms with Gasteiger partial charge in [0, 0.05) is 18.7 Å². The minimum absolute atomic E-state index is 0.0367. The van der Waals surface area contributed by atoms with E-state index in [0.717, 1.165) is 5.56 Å². The summed E-state index contributed by atoms with van der Waals surface area (Å²) >= 11 is 0. The quantitative estimate of drug-likeness (QED) is 0.804. The smallest absolute Gasteiger partial charge is 0.414 e. The van der Waals surface area contributed by atoms with Gasteiger partial charge in [0.1, 0.15) is 6.61 Å². The van der Waals surface area contributed by atoms with Gasteiger partial charge >= 0.3 is 6.09 Å². The predicted octanol–water partition coefficient (Wildman–Crippen LogP) is 2.50. The number of ketones is 1. The molecule has 0 N–H and O–H groups in total. The van der Waals surface area contributed by atoms with E-state index in [-0.39, 0.29) is 18.4 Å². The van der Waals surface area contributed by atoms with Gasteiger partial charge in [-0.1, -0.05) is 30.3 Å². The lowest BCUT2D eigenvalue weighted by Crippen LogP contribution is -2.38. The molecule has 1 aliphatic rings. The summed E-state index contributed by atoms with van der Waals surface area (Å²) in [4.78, 5) is 24.4. The van der Waals surface area contributed by atoms with Crippen LogP contribution in [0.4, 0.5) is 4.79 Å². The van der Waals surface area contributed by atoms with Crippen LogP contribution in [0.25, 0.3) is 0 Å². The van der Waals surface area contributed by atoms with Crippen LogP contribution in [-0.2, 0) is 16.1 Å². The Morgan fingerprint density at radius 1 is 1.39 bits per heavy atom. The van der Waals surface area contributed by atoms with Crippen LogP contribution >= 0.6 is 0 Å². The van der Waals surface area contributed by atoms with Crippen molar-refractivity contribution in [3.05, 3.63) is 48.2 Å². The molecular weight excluding hydrogens is 230 g/mol. The minimum atomic E-state index is -0.421. The van der Waals surface area contributed by atoms with Crippen molar-refractivity contribution in [1.29, 1.82) is 0 Å². The Labute approximate surface area is 106 Å². The van der Waals surface area contributed by atoms with E-state index in [1.54, 1.807) is 0 Å². The summed E-state index contributed by atoms with van der Waals surface area (Å²) in [6.45, 7) is 2.07. The molecule has 0 aliphatic carbocycles. The van der Waals surface area contributed by atoms with Gasteiger partial charge in [-0.25, -0.2) is 4.79 Å².